The predicted octanol–water partition coefficient (Wildman–Crippen LogP) is 4.17. The van der Waals surface area contributed by atoms with Crippen LogP contribution in [0.1, 0.15) is 36.0 Å². The van der Waals surface area contributed by atoms with Gasteiger partial charge < -0.3 is 19.9 Å². The molecule has 2 N–H and O–H groups in total. The van der Waals surface area contributed by atoms with Crippen molar-refractivity contribution in [3.8, 4) is 0 Å². The standard InChI is InChI=1S/C26H30ClF3N2O4/c27-20-6-4-17(5-7-20)12-31-25(34)11-22-8-9-23-24(36-22)16-35-15-21(33)14-32(23)13-18-2-1-3-19(10-18)26(28,29)30/h1-7,10,21-24,33H,8-9,11-16H2,(H,31,34)/t21-,22+,23+,24-/m1/s1. The molecule has 2 aliphatic heterocycles. The second-order valence-electron chi connectivity index (χ2n) is 9.37. The maximum Gasteiger partial charge on any atom is 0.416 e. The number of amides is 1. The predicted molar refractivity (Wildman–Crippen MR) is 128 cm³/mol. The number of nitrogens with one attached hydrogen (secondary N) is 1. The molecular weight excluding hydrogens is 497 g/mol. The molecule has 4 rings (SSSR count). The highest BCUT2D eigenvalue weighted by atomic mass is 35.5. The van der Waals surface area contributed by atoms with E-state index >= 15 is 0 Å². The van der Waals surface area contributed by atoms with Gasteiger partial charge in [0.15, 0.2) is 0 Å². The fourth-order valence-corrected chi connectivity index (χ4v) is 4.92. The first-order valence-corrected chi connectivity index (χ1v) is 12.4. The van der Waals surface area contributed by atoms with Gasteiger partial charge in [0.25, 0.3) is 0 Å². The van der Waals surface area contributed by atoms with Gasteiger partial charge in [0.05, 0.1) is 43.5 Å². The molecule has 36 heavy (non-hydrogen) atoms. The molecule has 2 heterocycles. The molecule has 2 fully saturated rings. The number of carbonyl (C=O) groups is 1. The molecule has 2 saturated heterocycles. The number of alkyl halides is 3. The second-order valence-corrected chi connectivity index (χ2v) is 9.80. The first-order chi connectivity index (χ1) is 17.2. The normalized spacial score (nSPS) is 25.5. The molecule has 0 unspecified atom stereocenters. The van der Waals surface area contributed by atoms with Crippen LogP contribution in [0.2, 0.25) is 5.02 Å². The Morgan fingerprint density at radius 1 is 1.11 bits per heavy atom. The van der Waals surface area contributed by atoms with Crippen molar-refractivity contribution in [2.45, 2.75) is 62.9 Å². The van der Waals surface area contributed by atoms with Crippen LogP contribution in [-0.4, -0.2) is 60.0 Å². The summed E-state index contributed by atoms with van der Waals surface area (Å²) in [4.78, 5) is 14.5. The molecule has 0 radical (unpaired) electrons. The molecular formula is C26H30ClF3N2O4. The Labute approximate surface area is 213 Å². The summed E-state index contributed by atoms with van der Waals surface area (Å²) in [5, 5.41) is 13.9. The average molecular weight is 527 g/mol. The monoisotopic (exact) mass is 526 g/mol. The largest absolute Gasteiger partial charge is 0.416 e. The molecule has 2 aromatic carbocycles. The number of hydrogen-bond donors (Lipinski definition) is 2. The lowest BCUT2D eigenvalue weighted by Crippen LogP contribution is -2.55. The molecule has 0 spiro atoms. The van der Waals surface area contributed by atoms with E-state index in [0.29, 0.717) is 30.0 Å². The van der Waals surface area contributed by atoms with Gasteiger partial charge in [-0.15, -0.1) is 0 Å². The van der Waals surface area contributed by atoms with Gasteiger partial charge in [0.1, 0.15) is 0 Å². The van der Waals surface area contributed by atoms with Gasteiger partial charge in [-0.1, -0.05) is 41.9 Å². The molecule has 10 heteroatoms. The van der Waals surface area contributed by atoms with Gasteiger partial charge >= 0.3 is 6.18 Å². The Morgan fingerprint density at radius 2 is 1.89 bits per heavy atom. The molecule has 0 bridgehead atoms. The van der Waals surface area contributed by atoms with Gasteiger partial charge in [-0.2, -0.15) is 13.2 Å². The summed E-state index contributed by atoms with van der Waals surface area (Å²) in [6, 6.07) is 12.3. The molecule has 0 aliphatic carbocycles. The van der Waals surface area contributed by atoms with E-state index in [4.69, 9.17) is 21.1 Å². The van der Waals surface area contributed by atoms with Crippen molar-refractivity contribution >= 4 is 17.5 Å². The average Bonchev–Trinajstić information content (AvgIpc) is 2.82. The number of aliphatic hydroxyl groups is 1. The fraction of sp³-hybridized carbons (Fsp3) is 0.500. The smallest absolute Gasteiger partial charge is 0.389 e. The van der Waals surface area contributed by atoms with E-state index in [1.54, 1.807) is 18.2 Å². The lowest BCUT2D eigenvalue weighted by atomic mass is 9.94. The van der Waals surface area contributed by atoms with Gasteiger partial charge in [-0.3, -0.25) is 9.69 Å². The highest BCUT2D eigenvalue weighted by Gasteiger charge is 2.38. The fourth-order valence-electron chi connectivity index (χ4n) is 4.79. The van der Waals surface area contributed by atoms with Crippen LogP contribution < -0.4 is 5.32 Å². The molecule has 0 aromatic heterocycles. The van der Waals surface area contributed by atoms with Crippen LogP contribution in [0.5, 0.6) is 0 Å². The first kappa shape index (κ1) is 26.9. The minimum absolute atomic E-state index is 0.109. The van der Waals surface area contributed by atoms with Crippen molar-refractivity contribution in [2.75, 3.05) is 19.8 Å². The molecule has 0 saturated carbocycles. The summed E-state index contributed by atoms with van der Waals surface area (Å²) >= 11 is 5.89. The van der Waals surface area contributed by atoms with Crippen molar-refractivity contribution in [3.05, 3.63) is 70.2 Å². The van der Waals surface area contributed by atoms with E-state index in [9.17, 15) is 23.1 Å². The Hall–Kier alpha value is -2.17. The maximum atomic E-state index is 13.2. The van der Waals surface area contributed by atoms with Crippen LogP contribution in [0.25, 0.3) is 0 Å². The van der Waals surface area contributed by atoms with Crippen LogP contribution in [0, 0.1) is 0 Å². The van der Waals surface area contributed by atoms with Crippen LogP contribution in [-0.2, 0) is 33.5 Å². The van der Waals surface area contributed by atoms with E-state index in [1.165, 1.54) is 6.07 Å². The minimum Gasteiger partial charge on any atom is -0.389 e. The Balaban J connectivity index is 1.37. The zero-order chi connectivity index (χ0) is 25.7. The van der Waals surface area contributed by atoms with Gasteiger partial charge in [-0.05, 0) is 42.2 Å². The van der Waals surface area contributed by atoms with Crippen molar-refractivity contribution in [1.29, 1.82) is 0 Å². The van der Waals surface area contributed by atoms with E-state index in [0.717, 1.165) is 17.7 Å². The molecule has 2 aromatic rings. The second kappa shape index (κ2) is 11.9. The Morgan fingerprint density at radius 3 is 2.64 bits per heavy atom. The number of fused-ring (bicyclic) bond motifs is 1. The van der Waals surface area contributed by atoms with Crippen LogP contribution in [0.4, 0.5) is 13.2 Å². The molecule has 2 aliphatic rings. The topological polar surface area (TPSA) is 71.0 Å². The van der Waals surface area contributed by atoms with Gasteiger partial charge in [0.2, 0.25) is 5.91 Å². The SMILES string of the molecule is O=C(C[C@@H]1CC[C@H]2[C@@H](COC[C@H](O)CN2Cc2cccc(C(F)(F)F)c2)O1)NCc1ccc(Cl)cc1. The maximum absolute atomic E-state index is 13.2. The Kier molecular flexibility index (Phi) is 8.90. The summed E-state index contributed by atoms with van der Waals surface area (Å²) in [7, 11) is 0. The zero-order valence-electron chi connectivity index (χ0n) is 19.7. The van der Waals surface area contributed by atoms with Gasteiger partial charge in [0, 0.05) is 30.7 Å². The zero-order valence-corrected chi connectivity index (χ0v) is 20.5. The van der Waals surface area contributed by atoms with E-state index in [1.807, 2.05) is 17.0 Å². The van der Waals surface area contributed by atoms with Crippen molar-refractivity contribution in [2.24, 2.45) is 0 Å². The molecule has 1 amide bonds. The third-order valence-electron chi connectivity index (χ3n) is 6.54. The lowest BCUT2D eigenvalue weighted by Gasteiger charge is -2.44. The lowest BCUT2D eigenvalue weighted by molar-refractivity contribution is -0.158. The number of benzene rings is 2. The molecule has 196 valence electrons. The highest BCUT2D eigenvalue weighted by Crippen LogP contribution is 2.32. The number of ether oxygens (including phenoxy) is 2. The van der Waals surface area contributed by atoms with Crippen LogP contribution >= 0.6 is 11.6 Å². The number of carbonyl (C=O) groups excluding carboxylic acids is 1. The highest BCUT2D eigenvalue weighted by molar-refractivity contribution is 6.30. The summed E-state index contributed by atoms with van der Waals surface area (Å²) in [5.41, 5.74) is 0.757. The number of aliphatic hydroxyl groups excluding tert-OH is 1. The summed E-state index contributed by atoms with van der Waals surface area (Å²) in [5.74, 6) is -0.128. The first-order valence-electron chi connectivity index (χ1n) is 12.0. The Bertz CT molecular complexity index is 1020. The minimum atomic E-state index is -4.42. The van der Waals surface area contributed by atoms with Crippen molar-refractivity contribution < 1.29 is 32.5 Å². The molecule has 4 atom stereocenters. The van der Waals surface area contributed by atoms with Gasteiger partial charge in [-0.25, -0.2) is 0 Å². The van der Waals surface area contributed by atoms with E-state index < -0.39 is 17.8 Å². The summed E-state index contributed by atoms with van der Waals surface area (Å²) in [6.45, 7) is 1.24. The molecule has 6 nitrogen and oxygen atoms in total. The van der Waals surface area contributed by atoms with E-state index in [2.05, 4.69) is 5.32 Å². The quantitative estimate of drug-likeness (QED) is 0.591. The number of rotatable bonds is 6. The van der Waals surface area contributed by atoms with Crippen LogP contribution in [0.3, 0.4) is 0 Å². The van der Waals surface area contributed by atoms with Crippen molar-refractivity contribution in [1.82, 2.24) is 10.2 Å². The van der Waals surface area contributed by atoms with Crippen LogP contribution in [0.15, 0.2) is 48.5 Å². The third-order valence-corrected chi connectivity index (χ3v) is 6.80. The summed E-state index contributed by atoms with van der Waals surface area (Å²) < 4.78 is 51.4. The number of β-amino-alcohol motifs (C(OH)–C–C–N with tert-alkyl or cyclic N) is 1. The third kappa shape index (κ3) is 7.43. The van der Waals surface area contributed by atoms with E-state index in [-0.39, 0.29) is 56.9 Å². The number of hydrogen-bond acceptors (Lipinski definition) is 5. The summed E-state index contributed by atoms with van der Waals surface area (Å²) in [6.07, 6.45) is -4.33. The van der Waals surface area contributed by atoms with Crippen molar-refractivity contribution in [3.63, 3.8) is 0 Å². The number of nitrogens with zero attached hydrogens (tertiary/aromatic N) is 1. The number of halogens is 4.